The van der Waals surface area contributed by atoms with Crippen molar-refractivity contribution in [3.05, 3.63) is 22.5 Å². The molecule has 0 aromatic heterocycles. The molecule has 0 spiro atoms. The highest BCUT2D eigenvalue weighted by molar-refractivity contribution is 9.11. The molecule has 0 aromatic carbocycles. The van der Waals surface area contributed by atoms with Crippen LogP contribution >= 0.6 is 15.9 Å². The fourth-order valence-electron chi connectivity index (χ4n) is 1.10. The van der Waals surface area contributed by atoms with E-state index in [0.717, 1.165) is 6.08 Å². The van der Waals surface area contributed by atoms with Crippen molar-refractivity contribution in [1.82, 2.24) is 0 Å². The SMILES string of the molecule is FC1=CC(C(F)(F)F)CCC(Br)=C1. The average molecular weight is 259 g/mol. The van der Waals surface area contributed by atoms with Gasteiger partial charge >= 0.3 is 6.18 Å². The molecule has 0 heterocycles. The molecule has 1 rings (SSSR count). The van der Waals surface area contributed by atoms with Crippen molar-refractivity contribution in [3.63, 3.8) is 0 Å². The van der Waals surface area contributed by atoms with Crippen molar-refractivity contribution in [1.29, 1.82) is 0 Å². The lowest BCUT2D eigenvalue weighted by Crippen LogP contribution is -2.20. The molecule has 0 saturated heterocycles. The normalized spacial score (nSPS) is 24.8. The topological polar surface area (TPSA) is 0 Å². The first-order chi connectivity index (χ1) is 5.89. The lowest BCUT2D eigenvalue weighted by molar-refractivity contribution is -0.162. The molecule has 0 aromatic rings. The van der Waals surface area contributed by atoms with Crippen LogP contribution in [0.25, 0.3) is 0 Å². The Hall–Kier alpha value is -0.320. The van der Waals surface area contributed by atoms with E-state index in [4.69, 9.17) is 0 Å². The van der Waals surface area contributed by atoms with Crippen LogP contribution in [-0.2, 0) is 0 Å². The van der Waals surface area contributed by atoms with Crippen LogP contribution in [0.4, 0.5) is 17.6 Å². The van der Waals surface area contributed by atoms with Crippen molar-refractivity contribution in [2.45, 2.75) is 19.0 Å². The van der Waals surface area contributed by atoms with Gasteiger partial charge in [0.05, 0.1) is 5.92 Å². The summed E-state index contributed by atoms with van der Waals surface area (Å²) in [5, 5.41) is 0. The first-order valence-corrected chi connectivity index (χ1v) is 4.49. The summed E-state index contributed by atoms with van der Waals surface area (Å²) in [6.45, 7) is 0. The predicted octanol–water partition coefficient (Wildman–Crippen LogP) is 4.09. The molecule has 0 aliphatic heterocycles. The third kappa shape index (κ3) is 3.14. The monoisotopic (exact) mass is 258 g/mol. The van der Waals surface area contributed by atoms with Crippen LogP contribution < -0.4 is 0 Å². The van der Waals surface area contributed by atoms with Crippen molar-refractivity contribution in [2.24, 2.45) is 5.92 Å². The third-order valence-electron chi connectivity index (χ3n) is 1.77. The Kier molecular flexibility index (Phi) is 3.16. The van der Waals surface area contributed by atoms with E-state index in [1.807, 2.05) is 0 Å². The summed E-state index contributed by atoms with van der Waals surface area (Å²) >= 11 is 2.99. The predicted molar refractivity (Wildman–Crippen MR) is 45.0 cm³/mol. The van der Waals surface area contributed by atoms with E-state index in [9.17, 15) is 17.6 Å². The van der Waals surface area contributed by atoms with Gasteiger partial charge in [-0.05, 0) is 29.5 Å². The van der Waals surface area contributed by atoms with Crippen LogP contribution in [0.3, 0.4) is 0 Å². The Balaban J connectivity index is 2.81. The standard InChI is InChI=1S/C8H7BrF4/c9-6-2-1-5(8(11,12)13)3-7(10)4-6/h3-5H,1-2H2. The van der Waals surface area contributed by atoms with Crippen LogP contribution in [0.15, 0.2) is 22.5 Å². The summed E-state index contributed by atoms with van der Waals surface area (Å²) in [5.74, 6) is -2.49. The Morgan fingerprint density at radius 1 is 1.38 bits per heavy atom. The molecule has 0 saturated carbocycles. The second-order valence-corrected chi connectivity index (χ2v) is 3.85. The van der Waals surface area contributed by atoms with E-state index >= 15 is 0 Å². The van der Waals surface area contributed by atoms with Gasteiger partial charge in [0.1, 0.15) is 5.83 Å². The molecule has 0 bridgehead atoms. The van der Waals surface area contributed by atoms with Crippen LogP contribution in [0.5, 0.6) is 0 Å². The van der Waals surface area contributed by atoms with E-state index < -0.39 is 17.9 Å². The van der Waals surface area contributed by atoms with E-state index in [1.165, 1.54) is 0 Å². The second-order valence-electron chi connectivity index (χ2n) is 2.83. The first kappa shape index (κ1) is 10.8. The fourth-order valence-corrected chi connectivity index (χ4v) is 1.54. The van der Waals surface area contributed by atoms with E-state index in [1.54, 1.807) is 0 Å². The van der Waals surface area contributed by atoms with E-state index in [2.05, 4.69) is 15.9 Å². The number of halogens is 5. The Bertz CT molecular complexity index is 251. The molecule has 74 valence electrons. The van der Waals surface area contributed by atoms with Gasteiger partial charge in [0.2, 0.25) is 0 Å². The summed E-state index contributed by atoms with van der Waals surface area (Å²) < 4.78 is 49.7. The maximum Gasteiger partial charge on any atom is 0.395 e. The Morgan fingerprint density at radius 2 is 2.00 bits per heavy atom. The van der Waals surface area contributed by atoms with Crippen molar-refractivity contribution in [3.8, 4) is 0 Å². The summed E-state index contributed by atoms with van der Waals surface area (Å²) in [7, 11) is 0. The Morgan fingerprint density at radius 3 is 2.54 bits per heavy atom. The zero-order valence-electron chi connectivity index (χ0n) is 6.54. The van der Waals surface area contributed by atoms with Crippen LogP contribution in [0, 0.1) is 5.92 Å². The molecular formula is C8H7BrF4. The van der Waals surface area contributed by atoms with Gasteiger partial charge in [-0.25, -0.2) is 4.39 Å². The van der Waals surface area contributed by atoms with Gasteiger partial charge in [0, 0.05) is 0 Å². The molecule has 13 heavy (non-hydrogen) atoms. The molecule has 0 amide bonds. The minimum atomic E-state index is -4.34. The van der Waals surface area contributed by atoms with Gasteiger partial charge in [0.25, 0.3) is 0 Å². The number of allylic oxidation sites excluding steroid dienone is 4. The molecule has 0 fully saturated rings. The lowest BCUT2D eigenvalue weighted by atomic mass is 10.0. The average Bonchev–Trinajstić information content (AvgIpc) is 2.09. The highest BCUT2D eigenvalue weighted by atomic mass is 79.9. The van der Waals surface area contributed by atoms with Crippen molar-refractivity contribution < 1.29 is 17.6 Å². The molecule has 1 aliphatic rings. The quantitative estimate of drug-likeness (QED) is 0.575. The molecule has 0 nitrogen and oxygen atoms in total. The Labute approximate surface area is 81.4 Å². The van der Waals surface area contributed by atoms with Crippen LogP contribution in [0.2, 0.25) is 0 Å². The molecule has 0 N–H and O–H groups in total. The second kappa shape index (κ2) is 3.82. The van der Waals surface area contributed by atoms with Gasteiger partial charge in [-0.1, -0.05) is 15.9 Å². The number of alkyl halides is 3. The largest absolute Gasteiger partial charge is 0.395 e. The fraction of sp³-hybridized carbons (Fsp3) is 0.500. The molecular weight excluding hydrogens is 252 g/mol. The maximum atomic E-state index is 12.7. The first-order valence-electron chi connectivity index (χ1n) is 3.69. The number of rotatable bonds is 0. The van der Waals surface area contributed by atoms with E-state index in [-0.39, 0.29) is 12.8 Å². The summed E-state index contributed by atoms with van der Waals surface area (Å²) in [6, 6.07) is 0. The zero-order chi connectivity index (χ0) is 10.1. The third-order valence-corrected chi connectivity index (χ3v) is 2.39. The summed E-state index contributed by atoms with van der Waals surface area (Å²) in [4.78, 5) is 0. The van der Waals surface area contributed by atoms with Crippen LogP contribution in [0.1, 0.15) is 12.8 Å². The van der Waals surface area contributed by atoms with Gasteiger partial charge in [0.15, 0.2) is 0 Å². The highest BCUT2D eigenvalue weighted by Gasteiger charge is 2.38. The van der Waals surface area contributed by atoms with Gasteiger partial charge in [-0.2, -0.15) is 13.2 Å². The van der Waals surface area contributed by atoms with Crippen LogP contribution in [-0.4, -0.2) is 6.18 Å². The zero-order valence-corrected chi connectivity index (χ0v) is 8.12. The van der Waals surface area contributed by atoms with E-state index in [0.29, 0.717) is 10.6 Å². The maximum absolute atomic E-state index is 12.7. The minimum absolute atomic E-state index is 0.103. The molecule has 5 heteroatoms. The molecule has 0 radical (unpaired) electrons. The summed E-state index contributed by atoms with van der Waals surface area (Å²) in [5.41, 5.74) is 0. The van der Waals surface area contributed by atoms with Gasteiger partial charge < -0.3 is 0 Å². The molecule has 1 atom stereocenters. The smallest absolute Gasteiger partial charge is 0.207 e. The van der Waals surface area contributed by atoms with Crippen molar-refractivity contribution >= 4 is 15.9 Å². The lowest BCUT2D eigenvalue weighted by Gasteiger charge is -2.14. The van der Waals surface area contributed by atoms with Gasteiger partial charge in [-0.3, -0.25) is 0 Å². The number of hydrogen-bond donors (Lipinski definition) is 0. The molecule has 1 aliphatic carbocycles. The number of hydrogen-bond acceptors (Lipinski definition) is 0. The summed E-state index contributed by atoms with van der Waals surface area (Å²) in [6.07, 6.45) is -2.54. The molecule has 1 unspecified atom stereocenters. The van der Waals surface area contributed by atoms with Gasteiger partial charge in [-0.15, -0.1) is 0 Å². The highest BCUT2D eigenvalue weighted by Crippen LogP contribution is 2.36. The van der Waals surface area contributed by atoms with Crippen molar-refractivity contribution in [2.75, 3.05) is 0 Å². The minimum Gasteiger partial charge on any atom is -0.207 e.